The van der Waals surface area contributed by atoms with Crippen molar-refractivity contribution in [2.24, 2.45) is 5.73 Å². The van der Waals surface area contributed by atoms with Crippen molar-refractivity contribution in [2.75, 3.05) is 0 Å². The zero-order valence-electron chi connectivity index (χ0n) is 8.98. The molecule has 1 atom stereocenters. The van der Waals surface area contributed by atoms with E-state index in [1.54, 1.807) is 6.92 Å². The molecule has 1 aliphatic rings. The molecule has 2 N–H and O–H groups in total. The van der Waals surface area contributed by atoms with Crippen molar-refractivity contribution in [3.05, 3.63) is 34.9 Å². The second-order valence-electron chi connectivity index (χ2n) is 4.53. The maximum absolute atomic E-state index is 13.7. The Kier molecular flexibility index (Phi) is 2.30. The van der Waals surface area contributed by atoms with Gasteiger partial charge in [-0.1, -0.05) is 0 Å². The Bertz CT molecular complexity index is 395. The second kappa shape index (κ2) is 3.27. The van der Waals surface area contributed by atoms with Gasteiger partial charge in [0.2, 0.25) is 0 Å². The van der Waals surface area contributed by atoms with Crippen LogP contribution < -0.4 is 5.73 Å². The summed E-state index contributed by atoms with van der Waals surface area (Å²) in [7, 11) is 0. The largest absolute Gasteiger partial charge is 0.327 e. The highest BCUT2D eigenvalue weighted by Gasteiger charge is 2.49. The number of aryl methyl sites for hydroxylation is 1. The van der Waals surface area contributed by atoms with Gasteiger partial charge in [-0.3, -0.25) is 0 Å². The first-order chi connectivity index (χ1) is 6.97. The molecule has 1 fully saturated rings. The van der Waals surface area contributed by atoms with Crippen LogP contribution in [0.25, 0.3) is 0 Å². The summed E-state index contributed by atoms with van der Waals surface area (Å²) in [5.74, 6) is -0.679. The summed E-state index contributed by atoms with van der Waals surface area (Å²) in [6.07, 6.45) is 1.70. The summed E-state index contributed by atoms with van der Waals surface area (Å²) >= 11 is 0. The van der Waals surface area contributed by atoms with Gasteiger partial charge in [0.15, 0.2) is 0 Å². The van der Waals surface area contributed by atoms with Gasteiger partial charge in [0, 0.05) is 11.5 Å². The minimum Gasteiger partial charge on any atom is -0.327 e. The van der Waals surface area contributed by atoms with Crippen molar-refractivity contribution < 1.29 is 8.78 Å². The van der Waals surface area contributed by atoms with Crippen LogP contribution in [0, 0.1) is 18.6 Å². The molecule has 1 saturated carbocycles. The molecule has 0 aliphatic heterocycles. The third-order valence-electron chi connectivity index (χ3n) is 3.45. The fourth-order valence-electron chi connectivity index (χ4n) is 2.13. The van der Waals surface area contributed by atoms with Crippen LogP contribution in [0.15, 0.2) is 12.1 Å². The van der Waals surface area contributed by atoms with E-state index in [1.165, 1.54) is 12.1 Å². The Hall–Kier alpha value is -0.960. The number of hydrogen-bond acceptors (Lipinski definition) is 1. The van der Waals surface area contributed by atoms with Crippen LogP contribution in [0.2, 0.25) is 0 Å². The molecule has 15 heavy (non-hydrogen) atoms. The van der Waals surface area contributed by atoms with E-state index in [0.29, 0.717) is 11.1 Å². The molecule has 82 valence electrons. The quantitative estimate of drug-likeness (QED) is 0.799. The van der Waals surface area contributed by atoms with Crippen molar-refractivity contribution in [3.8, 4) is 0 Å². The lowest BCUT2D eigenvalue weighted by molar-refractivity contribution is 0.502. The zero-order valence-corrected chi connectivity index (χ0v) is 8.98. The predicted octanol–water partition coefficient (Wildman–Crippen LogP) is 2.65. The zero-order chi connectivity index (χ0) is 11.2. The van der Waals surface area contributed by atoms with E-state index >= 15 is 0 Å². The van der Waals surface area contributed by atoms with Gasteiger partial charge in [-0.15, -0.1) is 0 Å². The summed E-state index contributed by atoms with van der Waals surface area (Å²) in [4.78, 5) is 0. The third kappa shape index (κ3) is 1.55. The average Bonchev–Trinajstić information content (AvgIpc) is 2.92. The van der Waals surface area contributed by atoms with Crippen LogP contribution >= 0.6 is 0 Å². The fraction of sp³-hybridized carbons (Fsp3) is 0.500. The van der Waals surface area contributed by atoms with Gasteiger partial charge >= 0.3 is 0 Å². The Morgan fingerprint density at radius 3 is 2.33 bits per heavy atom. The molecule has 0 bridgehead atoms. The number of rotatable bonds is 2. The van der Waals surface area contributed by atoms with Gasteiger partial charge in [-0.25, -0.2) is 8.78 Å². The van der Waals surface area contributed by atoms with Gasteiger partial charge in [0.25, 0.3) is 0 Å². The van der Waals surface area contributed by atoms with Crippen molar-refractivity contribution in [1.82, 2.24) is 0 Å². The van der Waals surface area contributed by atoms with Crippen LogP contribution in [0.1, 0.15) is 30.9 Å². The molecule has 0 heterocycles. The standard InChI is InChI=1S/C12H15F2N/c1-7-5-11(14)9(6-10(7)13)12(3-4-12)8(2)15/h5-6,8H,3-4,15H2,1-2H3. The Labute approximate surface area is 88.3 Å². The molecule has 2 rings (SSSR count). The number of nitrogens with two attached hydrogens (primary N) is 1. The Balaban J connectivity index is 2.49. The molecule has 1 aromatic carbocycles. The number of hydrogen-bond donors (Lipinski definition) is 1. The maximum Gasteiger partial charge on any atom is 0.127 e. The van der Waals surface area contributed by atoms with Crippen molar-refractivity contribution in [1.29, 1.82) is 0 Å². The van der Waals surface area contributed by atoms with Crippen LogP contribution in [0.3, 0.4) is 0 Å². The smallest absolute Gasteiger partial charge is 0.127 e. The van der Waals surface area contributed by atoms with Gasteiger partial charge in [-0.05, 0) is 49.9 Å². The van der Waals surface area contributed by atoms with E-state index in [4.69, 9.17) is 5.73 Å². The van der Waals surface area contributed by atoms with Gasteiger partial charge < -0.3 is 5.73 Å². The molecule has 1 aliphatic carbocycles. The first kappa shape index (κ1) is 10.6. The minimum absolute atomic E-state index is 0.130. The highest BCUT2D eigenvalue weighted by molar-refractivity contribution is 5.37. The molecule has 0 saturated heterocycles. The predicted molar refractivity (Wildman–Crippen MR) is 55.7 cm³/mol. The van der Waals surface area contributed by atoms with E-state index in [2.05, 4.69) is 0 Å². The summed E-state index contributed by atoms with van der Waals surface area (Å²) < 4.78 is 27.1. The lowest BCUT2D eigenvalue weighted by Crippen LogP contribution is -2.32. The number of halogens is 2. The van der Waals surface area contributed by atoms with Crippen molar-refractivity contribution in [3.63, 3.8) is 0 Å². The number of benzene rings is 1. The first-order valence-electron chi connectivity index (χ1n) is 5.19. The molecule has 0 spiro atoms. The van der Waals surface area contributed by atoms with Gasteiger partial charge in [0.1, 0.15) is 11.6 Å². The summed E-state index contributed by atoms with van der Waals surface area (Å²) in [5.41, 5.74) is 6.30. The second-order valence-corrected chi connectivity index (χ2v) is 4.53. The highest BCUT2D eigenvalue weighted by Crippen LogP contribution is 2.51. The maximum atomic E-state index is 13.7. The average molecular weight is 211 g/mol. The molecule has 0 amide bonds. The van der Waals surface area contributed by atoms with Crippen LogP contribution in [0.4, 0.5) is 8.78 Å². The van der Waals surface area contributed by atoms with E-state index in [0.717, 1.165) is 12.8 Å². The van der Waals surface area contributed by atoms with Crippen molar-refractivity contribution >= 4 is 0 Å². The summed E-state index contributed by atoms with van der Waals surface area (Å²) in [6, 6.07) is 2.43. The fourth-order valence-corrected chi connectivity index (χ4v) is 2.13. The molecule has 0 aromatic heterocycles. The van der Waals surface area contributed by atoms with E-state index < -0.39 is 0 Å². The van der Waals surface area contributed by atoms with E-state index in [-0.39, 0.29) is 23.1 Å². The Morgan fingerprint density at radius 2 is 1.87 bits per heavy atom. The summed E-state index contributed by atoms with van der Waals surface area (Å²) in [5, 5.41) is 0. The lowest BCUT2D eigenvalue weighted by atomic mass is 9.88. The normalized spacial score (nSPS) is 20.1. The van der Waals surface area contributed by atoms with Crippen LogP contribution in [0.5, 0.6) is 0 Å². The highest BCUT2D eigenvalue weighted by atomic mass is 19.1. The molecular weight excluding hydrogens is 196 g/mol. The topological polar surface area (TPSA) is 26.0 Å². The van der Waals surface area contributed by atoms with Gasteiger partial charge in [-0.2, -0.15) is 0 Å². The van der Waals surface area contributed by atoms with Gasteiger partial charge in [0.05, 0.1) is 0 Å². The van der Waals surface area contributed by atoms with Crippen molar-refractivity contribution in [2.45, 2.75) is 38.1 Å². The monoisotopic (exact) mass is 211 g/mol. The minimum atomic E-state index is -0.349. The molecular formula is C12H15F2N. The SMILES string of the molecule is Cc1cc(F)c(C2(C(C)N)CC2)cc1F. The third-order valence-corrected chi connectivity index (χ3v) is 3.45. The molecule has 1 nitrogen and oxygen atoms in total. The summed E-state index contributed by atoms with van der Waals surface area (Å²) in [6.45, 7) is 3.41. The molecule has 0 radical (unpaired) electrons. The van der Waals surface area contributed by atoms with E-state index in [9.17, 15) is 8.78 Å². The lowest BCUT2D eigenvalue weighted by Gasteiger charge is -2.21. The Morgan fingerprint density at radius 1 is 1.27 bits per heavy atom. The van der Waals surface area contributed by atoms with Crippen LogP contribution in [-0.4, -0.2) is 6.04 Å². The van der Waals surface area contributed by atoms with E-state index in [1.807, 2.05) is 6.92 Å². The molecule has 3 heteroatoms. The van der Waals surface area contributed by atoms with Crippen LogP contribution in [-0.2, 0) is 5.41 Å². The molecule has 1 unspecified atom stereocenters. The molecule has 1 aromatic rings. The first-order valence-corrected chi connectivity index (χ1v) is 5.19.